The van der Waals surface area contributed by atoms with Crippen LogP contribution in [0.2, 0.25) is 0 Å². The molecule has 1 aromatic rings. The molecule has 1 atom stereocenters. The molecular formula is C16H23N3O4S. The summed E-state index contributed by atoms with van der Waals surface area (Å²) in [6, 6.07) is 4.86. The Balaban J connectivity index is 1.74. The molecule has 8 heteroatoms. The lowest BCUT2D eigenvalue weighted by Gasteiger charge is -2.14. The molecule has 1 amide bonds. The fraction of sp³-hybridized carbons (Fsp3) is 0.562. The number of sulfonamides is 1. The second-order valence-corrected chi connectivity index (χ2v) is 7.99. The number of benzene rings is 1. The number of ether oxygens (including phenoxy) is 1. The second kappa shape index (κ2) is 7.08. The molecule has 0 spiro atoms. The van der Waals surface area contributed by atoms with Gasteiger partial charge in [0.2, 0.25) is 15.9 Å². The van der Waals surface area contributed by atoms with Crippen LogP contribution in [-0.4, -0.2) is 40.1 Å². The molecule has 1 aliphatic carbocycles. The first-order valence-electron chi connectivity index (χ1n) is 8.21. The standard InChI is InChI=1S/C16H23N3O4S/c1-23-14-7-6-13(18-16(20)10-12-3-2-8-17-12)9-15(14)24(21,22)19-11-4-5-11/h6-7,9,11-12,17,19H,2-5,8,10H2,1H3,(H,18,20). The molecule has 2 aliphatic rings. The van der Waals surface area contributed by atoms with Crippen molar-refractivity contribution in [3.05, 3.63) is 18.2 Å². The molecule has 3 rings (SSSR count). The van der Waals surface area contributed by atoms with Gasteiger partial charge in [-0.2, -0.15) is 0 Å². The Morgan fingerprint density at radius 3 is 2.75 bits per heavy atom. The van der Waals surface area contributed by atoms with Crippen molar-refractivity contribution in [1.82, 2.24) is 10.0 Å². The van der Waals surface area contributed by atoms with Gasteiger partial charge in [0, 0.05) is 24.2 Å². The van der Waals surface area contributed by atoms with Crippen LogP contribution in [0.25, 0.3) is 0 Å². The zero-order valence-electron chi connectivity index (χ0n) is 13.7. The molecule has 1 saturated carbocycles. The normalized spacial score (nSPS) is 20.8. The summed E-state index contributed by atoms with van der Waals surface area (Å²) in [5.41, 5.74) is 0.454. The number of carbonyl (C=O) groups excluding carboxylic acids is 1. The number of rotatable bonds is 7. The van der Waals surface area contributed by atoms with E-state index in [1.807, 2.05) is 0 Å². The summed E-state index contributed by atoms with van der Waals surface area (Å²) in [6.45, 7) is 0.940. The van der Waals surface area contributed by atoms with Crippen LogP contribution in [0.15, 0.2) is 23.1 Å². The Kier molecular flexibility index (Phi) is 5.07. The highest BCUT2D eigenvalue weighted by Crippen LogP contribution is 2.29. The lowest BCUT2D eigenvalue weighted by Crippen LogP contribution is -2.28. The van der Waals surface area contributed by atoms with E-state index in [9.17, 15) is 13.2 Å². The van der Waals surface area contributed by atoms with Crippen molar-refractivity contribution in [2.75, 3.05) is 19.0 Å². The molecule has 7 nitrogen and oxygen atoms in total. The van der Waals surface area contributed by atoms with Gasteiger partial charge in [0.1, 0.15) is 10.6 Å². The first-order chi connectivity index (χ1) is 11.5. The summed E-state index contributed by atoms with van der Waals surface area (Å²) in [7, 11) is -2.23. The van der Waals surface area contributed by atoms with Gasteiger partial charge >= 0.3 is 0 Å². The molecule has 1 saturated heterocycles. The molecule has 2 fully saturated rings. The molecule has 1 unspecified atom stereocenters. The van der Waals surface area contributed by atoms with Gasteiger partial charge in [-0.25, -0.2) is 13.1 Å². The summed E-state index contributed by atoms with van der Waals surface area (Å²) < 4.78 is 32.7. The third-order valence-electron chi connectivity index (χ3n) is 4.23. The average Bonchev–Trinajstić information content (AvgIpc) is 3.19. The minimum atomic E-state index is -3.66. The first kappa shape index (κ1) is 17.2. The molecule has 1 aliphatic heterocycles. The third kappa shape index (κ3) is 4.25. The predicted molar refractivity (Wildman–Crippen MR) is 90.6 cm³/mol. The van der Waals surface area contributed by atoms with E-state index < -0.39 is 10.0 Å². The Morgan fingerprint density at radius 1 is 1.33 bits per heavy atom. The van der Waals surface area contributed by atoms with Gasteiger partial charge in [0.25, 0.3) is 0 Å². The lowest BCUT2D eigenvalue weighted by atomic mass is 10.1. The number of anilines is 1. The highest BCUT2D eigenvalue weighted by Gasteiger charge is 2.30. The first-order valence-corrected chi connectivity index (χ1v) is 9.70. The molecule has 0 radical (unpaired) electrons. The van der Waals surface area contributed by atoms with Crippen LogP contribution in [0.4, 0.5) is 5.69 Å². The summed E-state index contributed by atoms with van der Waals surface area (Å²) in [4.78, 5) is 12.2. The number of amides is 1. The van der Waals surface area contributed by atoms with Crippen molar-refractivity contribution in [2.24, 2.45) is 0 Å². The summed E-state index contributed by atoms with van der Waals surface area (Å²) >= 11 is 0. The molecular weight excluding hydrogens is 330 g/mol. The van der Waals surface area contributed by atoms with Gasteiger partial charge in [-0.05, 0) is 50.4 Å². The highest BCUT2D eigenvalue weighted by molar-refractivity contribution is 7.89. The Labute approximate surface area is 142 Å². The zero-order valence-corrected chi connectivity index (χ0v) is 14.5. The molecule has 132 valence electrons. The van der Waals surface area contributed by atoms with Crippen LogP contribution in [0.1, 0.15) is 32.1 Å². The smallest absolute Gasteiger partial charge is 0.244 e. The number of methoxy groups -OCH3 is 1. The molecule has 3 N–H and O–H groups in total. The maximum Gasteiger partial charge on any atom is 0.244 e. The van der Waals surface area contributed by atoms with E-state index >= 15 is 0 Å². The minimum Gasteiger partial charge on any atom is -0.495 e. The predicted octanol–water partition coefficient (Wildman–Crippen LogP) is 1.22. The van der Waals surface area contributed by atoms with E-state index in [0.717, 1.165) is 32.2 Å². The number of carbonyl (C=O) groups is 1. The van der Waals surface area contributed by atoms with Gasteiger partial charge in [-0.15, -0.1) is 0 Å². The quantitative estimate of drug-likeness (QED) is 0.685. The topological polar surface area (TPSA) is 96.5 Å². The van der Waals surface area contributed by atoms with Crippen LogP contribution in [0, 0.1) is 0 Å². The summed E-state index contributed by atoms with van der Waals surface area (Å²) in [5, 5.41) is 6.04. The molecule has 0 aromatic heterocycles. The largest absolute Gasteiger partial charge is 0.495 e. The maximum absolute atomic E-state index is 12.5. The van der Waals surface area contributed by atoms with Crippen molar-refractivity contribution >= 4 is 21.6 Å². The fourth-order valence-electron chi connectivity index (χ4n) is 2.82. The van der Waals surface area contributed by atoms with Gasteiger partial charge in [-0.3, -0.25) is 4.79 Å². The summed E-state index contributed by atoms with van der Waals surface area (Å²) in [6.07, 6.45) is 4.16. The van der Waals surface area contributed by atoms with Crippen LogP contribution < -0.4 is 20.1 Å². The molecule has 1 heterocycles. The van der Waals surface area contributed by atoms with Crippen molar-refractivity contribution in [3.8, 4) is 5.75 Å². The van der Waals surface area contributed by atoms with Gasteiger partial charge in [0.15, 0.2) is 0 Å². The summed E-state index contributed by atoms with van der Waals surface area (Å²) in [5.74, 6) is 0.136. The van der Waals surface area contributed by atoms with Crippen LogP contribution in [0.5, 0.6) is 5.75 Å². The van der Waals surface area contributed by atoms with E-state index in [2.05, 4.69) is 15.4 Å². The fourth-order valence-corrected chi connectivity index (χ4v) is 4.32. The molecule has 0 bridgehead atoms. The monoisotopic (exact) mass is 353 g/mol. The third-order valence-corrected chi connectivity index (χ3v) is 5.77. The van der Waals surface area contributed by atoms with Gasteiger partial charge < -0.3 is 15.4 Å². The Bertz CT molecular complexity index is 710. The van der Waals surface area contributed by atoms with Crippen LogP contribution in [-0.2, 0) is 14.8 Å². The van der Waals surface area contributed by atoms with E-state index in [1.165, 1.54) is 13.2 Å². The van der Waals surface area contributed by atoms with Crippen molar-refractivity contribution < 1.29 is 17.9 Å². The van der Waals surface area contributed by atoms with Gasteiger partial charge in [-0.1, -0.05) is 0 Å². The van der Waals surface area contributed by atoms with Crippen molar-refractivity contribution in [1.29, 1.82) is 0 Å². The Hall–Kier alpha value is -1.64. The highest BCUT2D eigenvalue weighted by atomic mass is 32.2. The SMILES string of the molecule is COc1ccc(NC(=O)CC2CCCN2)cc1S(=O)(=O)NC1CC1. The van der Waals surface area contributed by atoms with E-state index in [4.69, 9.17) is 4.74 Å². The average molecular weight is 353 g/mol. The van der Waals surface area contributed by atoms with Gasteiger partial charge in [0.05, 0.1) is 7.11 Å². The van der Waals surface area contributed by atoms with E-state index in [-0.39, 0.29) is 28.6 Å². The Morgan fingerprint density at radius 2 is 2.12 bits per heavy atom. The van der Waals surface area contributed by atoms with E-state index in [1.54, 1.807) is 12.1 Å². The van der Waals surface area contributed by atoms with Crippen molar-refractivity contribution in [3.63, 3.8) is 0 Å². The maximum atomic E-state index is 12.5. The number of hydrogen-bond donors (Lipinski definition) is 3. The van der Waals surface area contributed by atoms with Crippen LogP contribution >= 0.6 is 0 Å². The minimum absolute atomic E-state index is 0.00592. The molecule has 1 aromatic carbocycles. The zero-order chi connectivity index (χ0) is 17.2. The second-order valence-electron chi connectivity index (χ2n) is 6.31. The van der Waals surface area contributed by atoms with Crippen LogP contribution in [0.3, 0.4) is 0 Å². The van der Waals surface area contributed by atoms with Crippen molar-refractivity contribution in [2.45, 2.75) is 49.1 Å². The number of hydrogen-bond acceptors (Lipinski definition) is 5. The molecule has 24 heavy (non-hydrogen) atoms. The van der Waals surface area contributed by atoms with E-state index in [0.29, 0.717) is 12.1 Å². The number of nitrogens with one attached hydrogen (secondary N) is 3. The lowest BCUT2D eigenvalue weighted by molar-refractivity contribution is -0.116.